The van der Waals surface area contributed by atoms with Gasteiger partial charge in [0.2, 0.25) is 15.9 Å². The van der Waals surface area contributed by atoms with Gasteiger partial charge in [-0.3, -0.25) is 4.79 Å². The van der Waals surface area contributed by atoms with E-state index in [-0.39, 0.29) is 11.8 Å². The van der Waals surface area contributed by atoms with Crippen molar-refractivity contribution in [2.45, 2.75) is 43.4 Å². The molecule has 0 radical (unpaired) electrons. The van der Waals surface area contributed by atoms with E-state index in [1.165, 1.54) is 9.87 Å². The predicted molar refractivity (Wildman–Crippen MR) is 114 cm³/mol. The van der Waals surface area contributed by atoms with Gasteiger partial charge in [-0.25, -0.2) is 8.42 Å². The highest BCUT2D eigenvalue weighted by Crippen LogP contribution is 2.28. The summed E-state index contributed by atoms with van der Waals surface area (Å²) in [4.78, 5) is 13.0. The number of anilines is 1. The van der Waals surface area contributed by atoms with Crippen molar-refractivity contribution < 1.29 is 13.2 Å². The lowest BCUT2D eigenvalue weighted by molar-refractivity contribution is -0.120. The molecule has 1 saturated heterocycles. The normalized spacial score (nSPS) is 17.7. The standard InChI is InChI=1S/C23H25N3O3S/c24-16-17-4-3-7-21(14-17)25-23(27)19-10-12-26(13-11-19)30(28,29)22-9-8-18-5-1-2-6-20(18)15-22/h3-4,7-9,14-15,19H,1-2,5-6,10-13H2,(H,25,27). The second-order valence-corrected chi connectivity index (χ2v) is 9.94. The number of nitriles is 1. The van der Waals surface area contributed by atoms with E-state index in [1.807, 2.05) is 12.1 Å². The predicted octanol–water partition coefficient (Wildman–Crippen LogP) is 3.48. The topological polar surface area (TPSA) is 90.3 Å². The second kappa shape index (κ2) is 8.58. The zero-order valence-corrected chi connectivity index (χ0v) is 17.6. The molecule has 1 heterocycles. The molecule has 0 saturated carbocycles. The van der Waals surface area contributed by atoms with Crippen molar-refractivity contribution in [3.63, 3.8) is 0 Å². The van der Waals surface area contributed by atoms with Gasteiger partial charge in [0.1, 0.15) is 0 Å². The van der Waals surface area contributed by atoms with E-state index in [1.54, 1.807) is 30.3 Å². The van der Waals surface area contributed by atoms with Crippen LogP contribution in [0.15, 0.2) is 47.4 Å². The number of amides is 1. The van der Waals surface area contributed by atoms with Crippen LogP contribution < -0.4 is 5.32 Å². The van der Waals surface area contributed by atoms with Crippen LogP contribution in [0, 0.1) is 17.2 Å². The number of piperidine rings is 1. The number of nitrogens with one attached hydrogen (secondary N) is 1. The summed E-state index contributed by atoms with van der Waals surface area (Å²) >= 11 is 0. The van der Waals surface area contributed by atoms with Gasteiger partial charge < -0.3 is 5.32 Å². The maximum absolute atomic E-state index is 13.1. The van der Waals surface area contributed by atoms with E-state index >= 15 is 0 Å². The molecule has 2 aromatic carbocycles. The Labute approximate surface area is 177 Å². The second-order valence-electron chi connectivity index (χ2n) is 8.00. The summed E-state index contributed by atoms with van der Waals surface area (Å²) in [5.74, 6) is -0.373. The van der Waals surface area contributed by atoms with E-state index in [0.717, 1.165) is 31.2 Å². The molecule has 0 aromatic heterocycles. The number of aryl methyl sites for hydroxylation is 2. The fourth-order valence-electron chi connectivity index (χ4n) is 4.29. The zero-order chi connectivity index (χ0) is 21.1. The molecule has 2 aliphatic rings. The third-order valence-electron chi connectivity index (χ3n) is 6.04. The molecular formula is C23H25N3O3S. The lowest BCUT2D eigenvalue weighted by Gasteiger charge is -2.31. The van der Waals surface area contributed by atoms with Crippen molar-refractivity contribution in [2.75, 3.05) is 18.4 Å². The van der Waals surface area contributed by atoms with E-state index in [9.17, 15) is 13.2 Å². The van der Waals surface area contributed by atoms with Crippen LogP contribution in [0.5, 0.6) is 0 Å². The lowest BCUT2D eigenvalue weighted by atomic mass is 9.92. The van der Waals surface area contributed by atoms with Crippen molar-refractivity contribution >= 4 is 21.6 Å². The summed E-state index contributed by atoms with van der Waals surface area (Å²) in [6.07, 6.45) is 5.19. The van der Waals surface area contributed by atoms with Crippen molar-refractivity contribution in [3.8, 4) is 6.07 Å². The Bertz CT molecular complexity index is 1100. The zero-order valence-electron chi connectivity index (χ0n) is 16.8. The van der Waals surface area contributed by atoms with Crippen LogP contribution in [0.4, 0.5) is 5.69 Å². The molecule has 1 aliphatic heterocycles. The van der Waals surface area contributed by atoms with Crippen molar-refractivity contribution in [2.24, 2.45) is 5.92 Å². The summed E-state index contributed by atoms with van der Waals surface area (Å²) in [7, 11) is -3.55. The number of rotatable bonds is 4. The highest BCUT2D eigenvalue weighted by molar-refractivity contribution is 7.89. The monoisotopic (exact) mass is 423 g/mol. The number of benzene rings is 2. The molecule has 4 rings (SSSR count). The highest BCUT2D eigenvalue weighted by Gasteiger charge is 2.32. The van der Waals surface area contributed by atoms with E-state index in [0.29, 0.717) is 42.1 Å². The molecule has 0 unspecified atom stereocenters. The summed E-state index contributed by atoms with van der Waals surface area (Å²) in [6.45, 7) is 0.658. The molecule has 0 atom stereocenters. The summed E-state index contributed by atoms with van der Waals surface area (Å²) in [6, 6.07) is 14.3. The quantitative estimate of drug-likeness (QED) is 0.815. The third-order valence-corrected chi connectivity index (χ3v) is 7.94. The maximum atomic E-state index is 13.1. The molecule has 0 bridgehead atoms. The Morgan fingerprint density at radius 2 is 1.77 bits per heavy atom. The number of sulfonamides is 1. The minimum atomic E-state index is -3.55. The first kappa shape index (κ1) is 20.6. The SMILES string of the molecule is N#Cc1cccc(NC(=O)C2CCN(S(=O)(=O)c3ccc4c(c3)CCCC4)CC2)c1. The molecule has 1 N–H and O–H groups in total. The van der Waals surface area contributed by atoms with E-state index in [4.69, 9.17) is 5.26 Å². The molecule has 1 fully saturated rings. The molecule has 1 aliphatic carbocycles. The van der Waals surface area contributed by atoms with E-state index < -0.39 is 10.0 Å². The fourth-order valence-corrected chi connectivity index (χ4v) is 5.81. The Balaban J connectivity index is 1.40. The van der Waals surface area contributed by atoms with Crippen LogP contribution in [0.1, 0.15) is 42.4 Å². The largest absolute Gasteiger partial charge is 0.326 e. The number of hydrogen-bond donors (Lipinski definition) is 1. The summed E-state index contributed by atoms with van der Waals surface area (Å²) < 4.78 is 27.7. The van der Waals surface area contributed by atoms with Crippen molar-refractivity contribution in [1.29, 1.82) is 5.26 Å². The Hall–Kier alpha value is -2.69. The van der Waals surface area contributed by atoms with Gasteiger partial charge in [-0.05, 0) is 80.0 Å². The van der Waals surface area contributed by atoms with E-state index in [2.05, 4.69) is 11.4 Å². The number of nitrogens with zero attached hydrogens (tertiary/aromatic N) is 2. The third kappa shape index (κ3) is 4.25. The average Bonchev–Trinajstić information content (AvgIpc) is 2.79. The molecule has 2 aromatic rings. The summed E-state index contributed by atoms with van der Waals surface area (Å²) in [5, 5.41) is 11.8. The molecule has 1 amide bonds. The van der Waals surface area contributed by atoms with Crippen molar-refractivity contribution in [1.82, 2.24) is 4.31 Å². The molecule has 156 valence electrons. The number of fused-ring (bicyclic) bond motifs is 1. The smallest absolute Gasteiger partial charge is 0.243 e. The first-order valence-electron chi connectivity index (χ1n) is 10.4. The molecule has 6 nitrogen and oxygen atoms in total. The minimum Gasteiger partial charge on any atom is -0.326 e. The number of hydrogen-bond acceptors (Lipinski definition) is 4. The first-order chi connectivity index (χ1) is 14.5. The van der Waals surface area contributed by atoms with Crippen LogP contribution in [0.2, 0.25) is 0 Å². The molecule has 30 heavy (non-hydrogen) atoms. The van der Waals surface area contributed by atoms with Crippen molar-refractivity contribution in [3.05, 3.63) is 59.2 Å². The van der Waals surface area contributed by atoms with Gasteiger partial charge in [-0.2, -0.15) is 9.57 Å². The molecular weight excluding hydrogens is 398 g/mol. The summed E-state index contributed by atoms with van der Waals surface area (Å²) in [5.41, 5.74) is 3.48. The Morgan fingerprint density at radius 1 is 1.03 bits per heavy atom. The van der Waals surface area contributed by atoms with Crippen LogP contribution in [-0.2, 0) is 27.7 Å². The molecule has 0 spiro atoms. The van der Waals surface area contributed by atoms with Gasteiger partial charge in [0, 0.05) is 24.7 Å². The number of carbonyl (C=O) groups is 1. The van der Waals surface area contributed by atoms with Gasteiger partial charge in [-0.15, -0.1) is 0 Å². The van der Waals surface area contributed by atoms with Crippen LogP contribution in [0.3, 0.4) is 0 Å². The lowest BCUT2D eigenvalue weighted by Crippen LogP contribution is -2.41. The minimum absolute atomic E-state index is 0.129. The fraction of sp³-hybridized carbons (Fsp3) is 0.391. The van der Waals surface area contributed by atoms with Crippen LogP contribution >= 0.6 is 0 Å². The van der Waals surface area contributed by atoms with Gasteiger partial charge in [0.25, 0.3) is 0 Å². The Morgan fingerprint density at radius 3 is 2.50 bits per heavy atom. The number of carbonyl (C=O) groups excluding carboxylic acids is 1. The van der Waals surface area contributed by atoms with Gasteiger partial charge in [0.05, 0.1) is 16.5 Å². The average molecular weight is 424 g/mol. The Kier molecular flexibility index (Phi) is 5.89. The van der Waals surface area contributed by atoms with Crippen LogP contribution in [-0.4, -0.2) is 31.7 Å². The maximum Gasteiger partial charge on any atom is 0.243 e. The van der Waals surface area contributed by atoms with Crippen LogP contribution in [0.25, 0.3) is 0 Å². The van der Waals surface area contributed by atoms with Gasteiger partial charge in [-0.1, -0.05) is 12.1 Å². The van der Waals surface area contributed by atoms with Gasteiger partial charge in [0.15, 0.2) is 0 Å². The highest BCUT2D eigenvalue weighted by atomic mass is 32.2. The van der Waals surface area contributed by atoms with Gasteiger partial charge >= 0.3 is 0 Å². The molecule has 7 heteroatoms. The first-order valence-corrected chi connectivity index (χ1v) is 11.8.